The van der Waals surface area contributed by atoms with Crippen molar-refractivity contribution in [1.82, 2.24) is 10.4 Å². The van der Waals surface area contributed by atoms with Crippen molar-refractivity contribution in [2.75, 3.05) is 19.1 Å². The molecule has 1 heterocycles. The van der Waals surface area contributed by atoms with E-state index in [1.807, 2.05) is 0 Å². The van der Waals surface area contributed by atoms with Gasteiger partial charge in [-0.25, -0.2) is 4.98 Å². The Bertz CT molecular complexity index is 944. The fourth-order valence-electron chi connectivity index (χ4n) is 2.60. The van der Waals surface area contributed by atoms with E-state index in [9.17, 15) is 4.79 Å². The van der Waals surface area contributed by atoms with Crippen LogP contribution in [0.2, 0.25) is 5.02 Å². The zero-order valence-electron chi connectivity index (χ0n) is 15.8. The van der Waals surface area contributed by atoms with Crippen molar-refractivity contribution >= 4 is 44.2 Å². The summed E-state index contributed by atoms with van der Waals surface area (Å²) in [6, 6.07) is 10.6. The molecule has 1 amide bonds. The summed E-state index contributed by atoms with van der Waals surface area (Å²) in [5.41, 5.74) is 6.66. The van der Waals surface area contributed by atoms with E-state index >= 15 is 0 Å². The molecular formula is C20H22ClN3O3S. The van der Waals surface area contributed by atoms with Gasteiger partial charge >= 0.3 is 0 Å². The number of fused-ring (bicyclic) bond motifs is 1. The molecule has 0 radical (unpaired) electrons. The third-order valence-corrected chi connectivity index (χ3v) is 5.53. The zero-order valence-corrected chi connectivity index (χ0v) is 17.3. The standard InChI is InChI=1S/C20H22ClN3O3S/c1-3-4-5-12-27-14-8-6-13(7-9-14)19(25)23-24-20-22-17-16(26-2)11-10-15(21)18(17)28-20/h6-11H,3-5,12H2,1-2H3,(H,22,24)(H,23,25). The number of carbonyl (C=O) groups is 1. The van der Waals surface area contributed by atoms with E-state index in [0.717, 1.165) is 29.7 Å². The van der Waals surface area contributed by atoms with Crippen LogP contribution >= 0.6 is 22.9 Å². The minimum absolute atomic E-state index is 0.269. The molecule has 0 aliphatic heterocycles. The molecule has 0 saturated carbocycles. The average molecular weight is 420 g/mol. The minimum Gasteiger partial charge on any atom is -0.494 e. The Morgan fingerprint density at radius 2 is 1.96 bits per heavy atom. The Morgan fingerprint density at radius 3 is 2.68 bits per heavy atom. The van der Waals surface area contributed by atoms with Crippen molar-refractivity contribution in [3.05, 3.63) is 47.0 Å². The molecule has 0 aliphatic rings. The SMILES string of the molecule is CCCCCOc1ccc(C(=O)NNc2nc3c(OC)ccc(Cl)c3s2)cc1. The number of hydrogen-bond acceptors (Lipinski definition) is 6. The number of aromatic nitrogens is 1. The lowest BCUT2D eigenvalue weighted by atomic mass is 10.2. The van der Waals surface area contributed by atoms with Crippen molar-refractivity contribution in [2.45, 2.75) is 26.2 Å². The highest BCUT2D eigenvalue weighted by atomic mass is 35.5. The number of methoxy groups -OCH3 is 1. The number of ether oxygens (including phenoxy) is 2. The van der Waals surface area contributed by atoms with Crippen molar-refractivity contribution in [3.63, 3.8) is 0 Å². The first-order chi connectivity index (χ1) is 13.6. The van der Waals surface area contributed by atoms with Gasteiger partial charge in [0.2, 0.25) is 5.13 Å². The number of benzene rings is 2. The second-order valence-electron chi connectivity index (χ2n) is 6.11. The number of anilines is 1. The monoisotopic (exact) mass is 419 g/mol. The smallest absolute Gasteiger partial charge is 0.269 e. The number of hydrazine groups is 1. The molecular weight excluding hydrogens is 398 g/mol. The van der Waals surface area contributed by atoms with Crippen LogP contribution in [0.1, 0.15) is 36.5 Å². The summed E-state index contributed by atoms with van der Waals surface area (Å²) in [7, 11) is 1.58. The first-order valence-electron chi connectivity index (χ1n) is 9.04. The Labute approximate surface area is 172 Å². The van der Waals surface area contributed by atoms with Gasteiger partial charge in [-0.1, -0.05) is 42.7 Å². The molecule has 0 aliphatic carbocycles. The van der Waals surface area contributed by atoms with Gasteiger partial charge in [-0.3, -0.25) is 15.6 Å². The molecule has 0 atom stereocenters. The number of thiazole rings is 1. The molecule has 148 valence electrons. The lowest BCUT2D eigenvalue weighted by Crippen LogP contribution is -2.29. The number of unbranched alkanes of at least 4 members (excludes halogenated alkanes) is 2. The molecule has 0 bridgehead atoms. The summed E-state index contributed by atoms with van der Waals surface area (Å²) in [6.45, 7) is 2.84. The number of hydrogen-bond donors (Lipinski definition) is 2. The maximum absolute atomic E-state index is 12.3. The van der Waals surface area contributed by atoms with Gasteiger partial charge < -0.3 is 9.47 Å². The minimum atomic E-state index is -0.269. The molecule has 0 fully saturated rings. The quantitative estimate of drug-likeness (QED) is 0.364. The summed E-state index contributed by atoms with van der Waals surface area (Å²) in [5.74, 6) is 1.12. The van der Waals surface area contributed by atoms with Gasteiger partial charge in [-0.05, 0) is 42.8 Å². The molecule has 8 heteroatoms. The second kappa shape index (κ2) is 9.61. The molecule has 1 aromatic heterocycles. The molecule has 0 unspecified atom stereocenters. The van der Waals surface area contributed by atoms with Crippen molar-refractivity contribution in [2.24, 2.45) is 0 Å². The van der Waals surface area contributed by atoms with Crippen LogP contribution in [0.4, 0.5) is 5.13 Å². The van der Waals surface area contributed by atoms with Gasteiger partial charge in [0.1, 0.15) is 17.0 Å². The van der Waals surface area contributed by atoms with Crippen LogP contribution in [-0.4, -0.2) is 24.6 Å². The molecule has 2 aromatic carbocycles. The van der Waals surface area contributed by atoms with Crippen LogP contribution in [0.3, 0.4) is 0 Å². The predicted octanol–water partition coefficient (Wildman–Crippen LogP) is 5.28. The van der Waals surface area contributed by atoms with Gasteiger partial charge in [0.25, 0.3) is 5.91 Å². The third-order valence-electron chi connectivity index (χ3n) is 4.09. The van der Waals surface area contributed by atoms with E-state index in [0.29, 0.717) is 33.6 Å². The summed E-state index contributed by atoms with van der Waals surface area (Å²) >= 11 is 7.55. The Morgan fingerprint density at radius 1 is 1.18 bits per heavy atom. The van der Waals surface area contributed by atoms with Gasteiger partial charge in [0.05, 0.1) is 23.4 Å². The van der Waals surface area contributed by atoms with Crippen molar-refractivity contribution in [3.8, 4) is 11.5 Å². The molecule has 2 N–H and O–H groups in total. The molecule has 0 saturated heterocycles. The maximum Gasteiger partial charge on any atom is 0.269 e. The van der Waals surface area contributed by atoms with Crippen LogP contribution in [0.15, 0.2) is 36.4 Å². The molecule has 3 aromatic rings. The van der Waals surface area contributed by atoms with Crippen LogP contribution < -0.4 is 20.3 Å². The van der Waals surface area contributed by atoms with Crippen LogP contribution in [0, 0.1) is 0 Å². The number of halogens is 1. The summed E-state index contributed by atoms with van der Waals surface area (Å²) < 4.78 is 11.8. The first kappa shape index (κ1) is 20.2. The van der Waals surface area contributed by atoms with E-state index in [1.165, 1.54) is 11.3 Å². The highest BCUT2D eigenvalue weighted by Crippen LogP contribution is 2.37. The summed E-state index contributed by atoms with van der Waals surface area (Å²) in [4.78, 5) is 16.8. The van der Waals surface area contributed by atoms with E-state index in [-0.39, 0.29) is 5.91 Å². The van der Waals surface area contributed by atoms with E-state index in [4.69, 9.17) is 21.1 Å². The normalized spacial score (nSPS) is 10.7. The lowest BCUT2D eigenvalue weighted by Gasteiger charge is -2.08. The molecule has 0 spiro atoms. The first-order valence-corrected chi connectivity index (χ1v) is 10.2. The van der Waals surface area contributed by atoms with Gasteiger partial charge in [-0.15, -0.1) is 0 Å². The molecule has 6 nitrogen and oxygen atoms in total. The van der Waals surface area contributed by atoms with E-state index < -0.39 is 0 Å². The van der Waals surface area contributed by atoms with Crippen molar-refractivity contribution in [1.29, 1.82) is 0 Å². The largest absolute Gasteiger partial charge is 0.494 e. The maximum atomic E-state index is 12.3. The third kappa shape index (κ3) is 4.85. The van der Waals surface area contributed by atoms with E-state index in [1.54, 1.807) is 43.5 Å². The topological polar surface area (TPSA) is 72.5 Å². The van der Waals surface area contributed by atoms with Gasteiger partial charge in [-0.2, -0.15) is 0 Å². The highest BCUT2D eigenvalue weighted by Gasteiger charge is 2.13. The Kier molecular flexibility index (Phi) is 6.95. The van der Waals surface area contributed by atoms with Crippen molar-refractivity contribution < 1.29 is 14.3 Å². The number of rotatable bonds is 9. The summed E-state index contributed by atoms with van der Waals surface area (Å²) in [5, 5.41) is 1.10. The average Bonchev–Trinajstić information content (AvgIpc) is 3.15. The Hall–Kier alpha value is -2.51. The second-order valence-corrected chi connectivity index (χ2v) is 7.51. The molecule has 28 heavy (non-hydrogen) atoms. The molecule has 3 rings (SSSR count). The number of carbonyl (C=O) groups excluding carboxylic acids is 1. The highest BCUT2D eigenvalue weighted by molar-refractivity contribution is 7.22. The lowest BCUT2D eigenvalue weighted by molar-refractivity contribution is 0.0962. The van der Waals surface area contributed by atoms with Gasteiger partial charge in [0.15, 0.2) is 0 Å². The number of amides is 1. The van der Waals surface area contributed by atoms with E-state index in [2.05, 4.69) is 22.8 Å². The summed E-state index contributed by atoms with van der Waals surface area (Å²) in [6.07, 6.45) is 3.33. The Balaban J connectivity index is 1.59. The van der Waals surface area contributed by atoms with Crippen LogP contribution in [0.5, 0.6) is 11.5 Å². The predicted molar refractivity (Wildman–Crippen MR) is 114 cm³/mol. The van der Waals surface area contributed by atoms with Crippen LogP contribution in [-0.2, 0) is 0 Å². The fourth-order valence-corrected chi connectivity index (χ4v) is 3.71. The number of nitrogens with zero attached hydrogens (tertiary/aromatic N) is 1. The number of nitrogens with one attached hydrogen (secondary N) is 2. The van der Waals surface area contributed by atoms with Gasteiger partial charge in [0, 0.05) is 5.56 Å². The fraction of sp³-hybridized carbons (Fsp3) is 0.300. The zero-order chi connectivity index (χ0) is 19.9. The van der Waals surface area contributed by atoms with Crippen LogP contribution in [0.25, 0.3) is 10.2 Å².